The molecule has 0 N–H and O–H groups in total. The van der Waals surface area contributed by atoms with Crippen LogP contribution in [0, 0.1) is 5.82 Å². The first kappa shape index (κ1) is 20.8. The molecule has 1 aromatic carbocycles. The Bertz CT molecular complexity index is 940. The maximum absolute atomic E-state index is 14.7. The van der Waals surface area contributed by atoms with Crippen LogP contribution in [0.25, 0.3) is 17.0 Å². The molecule has 2 heterocycles. The van der Waals surface area contributed by atoms with Crippen molar-refractivity contribution in [1.29, 1.82) is 0 Å². The number of amides is 1. The summed E-state index contributed by atoms with van der Waals surface area (Å²) in [7, 11) is 0. The van der Waals surface area contributed by atoms with Crippen LogP contribution in [0.1, 0.15) is 26.6 Å². The molecule has 1 amide bonds. The number of anilines is 1. The van der Waals surface area contributed by atoms with Gasteiger partial charge in [-0.25, -0.2) is 19.2 Å². The van der Waals surface area contributed by atoms with E-state index in [-0.39, 0.29) is 21.1 Å². The van der Waals surface area contributed by atoms with Crippen molar-refractivity contribution in [3.63, 3.8) is 0 Å². The fraction of sp³-hybridized carbons (Fsp3) is 0.421. The van der Waals surface area contributed by atoms with Crippen LogP contribution in [-0.2, 0) is 4.74 Å². The number of aromatic nitrogens is 2. The predicted octanol–water partition coefficient (Wildman–Crippen LogP) is 4.88. The van der Waals surface area contributed by atoms with E-state index in [1.165, 1.54) is 6.08 Å². The summed E-state index contributed by atoms with van der Waals surface area (Å²) in [6.45, 7) is 11.2. The summed E-state index contributed by atoms with van der Waals surface area (Å²) in [6, 6.07) is 1.65. The fourth-order valence-electron chi connectivity index (χ4n) is 2.93. The molecule has 0 aliphatic carbocycles. The molecule has 0 spiro atoms. The second-order valence-corrected chi connectivity index (χ2v) is 8.65. The normalized spacial score (nSPS) is 15.1. The Balaban J connectivity index is 1.91. The molecule has 1 aliphatic rings. The van der Waals surface area contributed by atoms with E-state index in [9.17, 15) is 9.18 Å². The van der Waals surface area contributed by atoms with Gasteiger partial charge in [-0.15, -0.1) is 0 Å². The van der Waals surface area contributed by atoms with Gasteiger partial charge in [0.15, 0.2) is 11.6 Å². The highest BCUT2D eigenvalue weighted by Gasteiger charge is 2.28. The van der Waals surface area contributed by atoms with Gasteiger partial charge in [0.1, 0.15) is 16.9 Å². The van der Waals surface area contributed by atoms with Crippen LogP contribution >= 0.6 is 27.5 Å². The van der Waals surface area contributed by atoms with Crippen molar-refractivity contribution in [1.82, 2.24) is 14.9 Å². The number of rotatable bonds is 2. The monoisotopic (exact) mass is 470 g/mol. The van der Waals surface area contributed by atoms with Crippen molar-refractivity contribution in [2.45, 2.75) is 26.4 Å². The van der Waals surface area contributed by atoms with E-state index in [0.717, 1.165) is 0 Å². The molecule has 0 atom stereocenters. The molecule has 2 aromatic rings. The molecule has 3 rings (SSSR count). The summed E-state index contributed by atoms with van der Waals surface area (Å²) < 4.78 is 20.3. The average molecular weight is 472 g/mol. The van der Waals surface area contributed by atoms with Crippen molar-refractivity contribution in [3.05, 3.63) is 33.8 Å². The van der Waals surface area contributed by atoms with Crippen molar-refractivity contribution in [3.8, 4) is 0 Å². The third kappa shape index (κ3) is 4.22. The van der Waals surface area contributed by atoms with Gasteiger partial charge in [0.05, 0.1) is 9.50 Å². The van der Waals surface area contributed by atoms with E-state index < -0.39 is 11.4 Å². The topological polar surface area (TPSA) is 58.6 Å². The summed E-state index contributed by atoms with van der Waals surface area (Å²) in [5, 5.41) is 0.760. The van der Waals surface area contributed by atoms with Crippen molar-refractivity contribution in [2.75, 3.05) is 31.1 Å². The molecule has 1 fully saturated rings. The highest BCUT2D eigenvalue weighted by atomic mass is 79.9. The fourth-order valence-corrected chi connectivity index (χ4v) is 3.43. The Labute approximate surface area is 176 Å². The van der Waals surface area contributed by atoms with Crippen molar-refractivity contribution in [2.24, 2.45) is 0 Å². The third-order valence-corrected chi connectivity index (χ3v) is 5.54. The number of ether oxygens (including phenoxy) is 1. The number of piperazine rings is 1. The van der Waals surface area contributed by atoms with Gasteiger partial charge in [-0.1, -0.05) is 18.2 Å². The second kappa shape index (κ2) is 7.83. The molecule has 0 radical (unpaired) electrons. The van der Waals surface area contributed by atoms with Crippen molar-refractivity contribution >= 4 is 56.4 Å². The van der Waals surface area contributed by atoms with Crippen LogP contribution in [0.2, 0.25) is 5.02 Å². The zero-order chi connectivity index (χ0) is 20.6. The molecule has 9 heteroatoms. The smallest absolute Gasteiger partial charge is 0.410 e. The first-order valence-electron chi connectivity index (χ1n) is 8.81. The van der Waals surface area contributed by atoms with Gasteiger partial charge in [-0.3, -0.25) is 0 Å². The van der Waals surface area contributed by atoms with Gasteiger partial charge in [0.25, 0.3) is 0 Å². The van der Waals surface area contributed by atoms with Gasteiger partial charge in [-0.2, -0.15) is 0 Å². The molecule has 0 bridgehead atoms. The largest absolute Gasteiger partial charge is 0.444 e. The Hall–Kier alpha value is -1.93. The number of carbonyl (C=O) groups excluding carboxylic acids is 1. The Morgan fingerprint density at radius 3 is 2.54 bits per heavy atom. The maximum Gasteiger partial charge on any atom is 0.410 e. The molecule has 0 unspecified atom stereocenters. The Kier molecular flexibility index (Phi) is 5.82. The molecule has 1 saturated heterocycles. The van der Waals surface area contributed by atoms with Crippen LogP contribution in [0.3, 0.4) is 0 Å². The minimum Gasteiger partial charge on any atom is -0.444 e. The standard InChI is InChI=1S/C19H21BrClFN4O2/c1-5-13-23-16-11(10-12(21)14(20)15(16)22)17(24-13)25-6-8-26(9-7-25)18(27)28-19(2,3)4/h5,10H,1,6-9H2,2-4H3. The molecule has 150 valence electrons. The zero-order valence-corrected chi connectivity index (χ0v) is 18.3. The highest BCUT2D eigenvalue weighted by molar-refractivity contribution is 9.10. The van der Waals surface area contributed by atoms with Crippen LogP contribution in [-0.4, -0.2) is 52.7 Å². The number of hydrogen-bond donors (Lipinski definition) is 0. The first-order chi connectivity index (χ1) is 13.1. The zero-order valence-electron chi connectivity index (χ0n) is 15.9. The van der Waals surface area contributed by atoms with E-state index in [1.807, 2.05) is 25.7 Å². The predicted molar refractivity (Wildman–Crippen MR) is 112 cm³/mol. The molecule has 1 aliphatic heterocycles. The molecule has 6 nitrogen and oxygen atoms in total. The van der Waals surface area contributed by atoms with Gasteiger partial charge in [-0.05, 0) is 48.8 Å². The number of nitrogens with zero attached hydrogens (tertiary/aromatic N) is 4. The Morgan fingerprint density at radius 2 is 1.96 bits per heavy atom. The first-order valence-corrected chi connectivity index (χ1v) is 9.98. The third-order valence-electron chi connectivity index (χ3n) is 4.24. The van der Waals surface area contributed by atoms with Crippen LogP contribution in [0.4, 0.5) is 15.0 Å². The average Bonchev–Trinajstić information content (AvgIpc) is 2.64. The number of fused-ring (bicyclic) bond motifs is 1. The number of halogens is 3. The number of carbonyl (C=O) groups is 1. The Morgan fingerprint density at radius 1 is 1.32 bits per heavy atom. The maximum atomic E-state index is 14.7. The highest BCUT2D eigenvalue weighted by Crippen LogP contribution is 2.35. The van der Waals surface area contributed by atoms with Gasteiger partial charge >= 0.3 is 6.09 Å². The lowest BCUT2D eigenvalue weighted by atomic mass is 10.2. The summed E-state index contributed by atoms with van der Waals surface area (Å²) in [5.74, 6) is 0.351. The summed E-state index contributed by atoms with van der Waals surface area (Å²) >= 11 is 9.30. The van der Waals surface area contributed by atoms with E-state index in [2.05, 4.69) is 32.5 Å². The quantitative estimate of drug-likeness (QED) is 0.584. The van der Waals surface area contributed by atoms with Crippen molar-refractivity contribution < 1.29 is 13.9 Å². The molecule has 0 saturated carbocycles. The summed E-state index contributed by atoms with van der Waals surface area (Å²) in [6.07, 6.45) is 1.13. The lowest BCUT2D eigenvalue weighted by Gasteiger charge is -2.36. The summed E-state index contributed by atoms with van der Waals surface area (Å²) in [5.41, 5.74) is -0.372. The second-order valence-electron chi connectivity index (χ2n) is 7.45. The molecule has 28 heavy (non-hydrogen) atoms. The number of hydrogen-bond acceptors (Lipinski definition) is 5. The molecular weight excluding hydrogens is 451 g/mol. The number of benzene rings is 1. The van der Waals surface area contributed by atoms with E-state index in [1.54, 1.807) is 11.0 Å². The lowest BCUT2D eigenvalue weighted by molar-refractivity contribution is 0.0240. The van der Waals surface area contributed by atoms with E-state index in [4.69, 9.17) is 16.3 Å². The van der Waals surface area contributed by atoms with Gasteiger partial charge in [0, 0.05) is 31.6 Å². The van der Waals surface area contributed by atoms with Crippen LogP contribution in [0.15, 0.2) is 17.1 Å². The van der Waals surface area contributed by atoms with Gasteiger partial charge in [0.2, 0.25) is 0 Å². The SMILES string of the molecule is C=Cc1nc(N2CCN(C(=O)OC(C)(C)C)CC2)c2cc(Cl)c(Br)c(F)c2n1. The molecular formula is C19H21BrClFN4O2. The minimum atomic E-state index is -0.544. The van der Waals surface area contributed by atoms with Gasteiger partial charge < -0.3 is 14.5 Å². The minimum absolute atomic E-state index is 0.163. The summed E-state index contributed by atoms with van der Waals surface area (Å²) in [4.78, 5) is 24.7. The van der Waals surface area contributed by atoms with Crippen LogP contribution < -0.4 is 4.90 Å². The van der Waals surface area contributed by atoms with E-state index >= 15 is 0 Å². The molecule has 1 aromatic heterocycles. The van der Waals surface area contributed by atoms with Crippen LogP contribution in [0.5, 0.6) is 0 Å². The lowest BCUT2D eigenvalue weighted by Crippen LogP contribution is -2.50. The van der Waals surface area contributed by atoms with E-state index in [0.29, 0.717) is 43.2 Å².